The average molecular weight is 394 g/mol. The molecule has 0 saturated carbocycles. The van der Waals surface area contributed by atoms with Crippen molar-refractivity contribution < 1.29 is 9.53 Å². The van der Waals surface area contributed by atoms with E-state index in [9.17, 15) is 4.79 Å². The van der Waals surface area contributed by atoms with Crippen molar-refractivity contribution >= 4 is 18.0 Å². The number of pyridine rings is 1. The van der Waals surface area contributed by atoms with E-state index in [0.717, 1.165) is 43.0 Å². The van der Waals surface area contributed by atoms with Gasteiger partial charge in [0.25, 0.3) is 0 Å². The van der Waals surface area contributed by atoms with E-state index >= 15 is 0 Å². The number of hydrogen-bond acceptors (Lipinski definition) is 4. The zero-order valence-corrected chi connectivity index (χ0v) is 17.4. The standard InChI is InChI=1S/C22H25N3O2.C2H6/c26-22(27-16-18-5-2-1-3-6-18)25-14-12-17(15-25)8-10-20-11-9-19-7-4-13-23-21(19)24-20;1-2/h1-3,5-6,8-11,17H,4,7,12-16H2,(H,23,24);1-2H3/b10-8+;. The maximum Gasteiger partial charge on any atom is 0.410 e. The fraction of sp³-hybridized carbons (Fsp3) is 0.417. The molecule has 0 spiro atoms. The minimum Gasteiger partial charge on any atom is -0.445 e. The van der Waals surface area contributed by atoms with E-state index in [4.69, 9.17) is 4.74 Å². The number of aromatic nitrogens is 1. The highest BCUT2D eigenvalue weighted by molar-refractivity contribution is 5.68. The molecular weight excluding hydrogens is 362 g/mol. The lowest BCUT2D eigenvalue weighted by Gasteiger charge is -2.17. The fourth-order valence-electron chi connectivity index (χ4n) is 3.59. The largest absolute Gasteiger partial charge is 0.445 e. The first kappa shape index (κ1) is 20.9. The number of rotatable bonds is 4. The molecule has 0 radical (unpaired) electrons. The maximum absolute atomic E-state index is 12.3. The van der Waals surface area contributed by atoms with Crippen LogP contribution in [0.2, 0.25) is 0 Å². The fourth-order valence-corrected chi connectivity index (χ4v) is 3.59. The van der Waals surface area contributed by atoms with Crippen LogP contribution in [0.5, 0.6) is 0 Å². The van der Waals surface area contributed by atoms with Crippen LogP contribution in [-0.2, 0) is 17.8 Å². The summed E-state index contributed by atoms with van der Waals surface area (Å²) in [4.78, 5) is 18.7. The Labute approximate surface area is 173 Å². The average Bonchev–Trinajstić information content (AvgIpc) is 3.27. The Morgan fingerprint density at radius 1 is 1.24 bits per heavy atom. The van der Waals surface area contributed by atoms with Gasteiger partial charge in [0.05, 0.1) is 5.69 Å². The lowest BCUT2D eigenvalue weighted by molar-refractivity contribution is 0.103. The van der Waals surface area contributed by atoms with Crippen molar-refractivity contribution in [3.63, 3.8) is 0 Å². The zero-order chi connectivity index (χ0) is 20.5. The molecule has 1 saturated heterocycles. The van der Waals surface area contributed by atoms with Crippen LogP contribution in [0, 0.1) is 5.92 Å². The smallest absolute Gasteiger partial charge is 0.410 e. The predicted molar refractivity (Wildman–Crippen MR) is 118 cm³/mol. The third-order valence-corrected chi connectivity index (χ3v) is 5.14. The minimum absolute atomic E-state index is 0.231. The summed E-state index contributed by atoms with van der Waals surface area (Å²) in [7, 11) is 0. The number of aryl methyl sites for hydroxylation is 1. The van der Waals surface area contributed by atoms with Gasteiger partial charge in [0, 0.05) is 19.6 Å². The molecule has 29 heavy (non-hydrogen) atoms. The van der Waals surface area contributed by atoms with Gasteiger partial charge in [-0.2, -0.15) is 0 Å². The van der Waals surface area contributed by atoms with Gasteiger partial charge < -0.3 is 15.0 Å². The van der Waals surface area contributed by atoms with Gasteiger partial charge in [-0.15, -0.1) is 0 Å². The number of nitrogens with zero attached hydrogens (tertiary/aromatic N) is 2. The maximum atomic E-state index is 12.3. The highest BCUT2D eigenvalue weighted by atomic mass is 16.6. The summed E-state index contributed by atoms with van der Waals surface area (Å²) in [5.74, 6) is 1.36. The number of ether oxygens (including phenoxy) is 1. The Bertz CT molecular complexity index is 820. The molecule has 5 heteroatoms. The van der Waals surface area contributed by atoms with Crippen molar-refractivity contribution in [1.29, 1.82) is 0 Å². The highest BCUT2D eigenvalue weighted by Gasteiger charge is 2.25. The van der Waals surface area contributed by atoms with E-state index in [-0.39, 0.29) is 6.09 Å². The second-order valence-corrected chi connectivity index (χ2v) is 7.17. The Morgan fingerprint density at radius 3 is 2.90 bits per heavy atom. The molecule has 1 fully saturated rings. The number of carbonyl (C=O) groups excluding carboxylic acids is 1. The molecule has 2 aromatic rings. The molecule has 1 aromatic carbocycles. The van der Waals surface area contributed by atoms with Gasteiger partial charge in [0.1, 0.15) is 12.4 Å². The Balaban J connectivity index is 0.00000117. The Kier molecular flexibility index (Phi) is 7.68. The summed E-state index contributed by atoms with van der Waals surface area (Å²) < 4.78 is 5.43. The van der Waals surface area contributed by atoms with Crippen LogP contribution < -0.4 is 5.32 Å². The molecule has 2 aliphatic rings. The second-order valence-electron chi connectivity index (χ2n) is 7.17. The van der Waals surface area contributed by atoms with Gasteiger partial charge in [-0.25, -0.2) is 9.78 Å². The summed E-state index contributed by atoms with van der Waals surface area (Å²) in [5, 5.41) is 3.37. The molecule has 2 aliphatic heterocycles. The summed E-state index contributed by atoms with van der Waals surface area (Å²) in [5.41, 5.74) is 3.27. The second kappa shape index (κ2) is 10.6. The summed E-state index contributed by atoms with van der Waals surface area (Å²) in [6, 6.07) is 14.0. The first-order valence-electron chi connectivity index (χ1n) is 10.7. The lowest BCUT2D eigenvalue weighted by atomic mass is 10.1. The van der Waals surface area contributed by atoms with Gasteiger partial charge in [-0.05, 0) is 48.4 Å². The molecule has 154 valence electrons. The van der Waals surface area contributed by atoms with Crippen molar-refractivity contribution in [2.45, 2.75) is 39.7 Å². The third kappa shape index (κ3) is 5.83. The molecule has 4 rings (SSSR count). The molecule has 1 aromatic heterocycles. The summed E-state index contributed by atoms with van der Waals surface area (Å²) >= 11 is 0. The third-order valence-electron chi connectivity index (χ3n) is 5.14. The molecular formula is C24H31N3O2. The van der Waals surface area contributed by atoms with Crippen LogP contribution in [0.25, 0.3) is 6.08 Å². The first-order valence-corrected chi connectivity index (χ1v) is 10.7. The van der Waals surface area contributed by atoms with Crippen molar-refractivity contribution in [2.75, 3.05) is 25.0 Å². The van der Waals surface area contributed by atoms with Gasteiger partial charge in [0.2, 0.25) is 0 Å². The molecule has 1 unspecified atom stereocenters. The normalized spacial score (nSPS) is 17.9. The van der Waals surface area contributed by atoms with E-state index in [0.29, 0.717) is 19.1 Å². The van der Waals surface area contributed by atoms with E-state index in [1.54, 1.807) is 4.90 Å². The zero-order valence-electron chi connectivity index (χ0n) is 17.4. The molecule has 5 nitrogen and oxygen atoms in total. The number of anilines is 1. The summed E-state index contributed by atoms with van der Waals surface area (Å²) in [6.07, 6.45) is 7.23. The van der Waals surface area contributed by atoms with Gasteiger partial charge in [-0.3, -0.25) is 0 Å². The van der Waals surface area contributed by atoms with Crippen LogP contribution in [-0.4, -0.2) is 35.6 Å². The number of likely N-dealkylation sites (tertiary alicyclic amines) is 1. The number of hydrogen-bond donors (Lipinski definition) is 1. The van der Waals surface area contributed by atoms with Gasteiger partial charge in [0.15, 0.2) is 0 Å². The van der Waals surface area contributed by atoms with Crippen LogP contribution in [0.15, 0.2) is 48.5 Å². The van der Waals surface area contributed by atoms with Crippen molar-refractivity contribution in [2.24, 2.45) is 5.92 Å². The molecule has 1 N–H and O–H groups in total. The molecule has 3 heterocycles. The molecule has 0 aliphatic carbocycles. The van der Waals surface area contributed by atoms with Gasteiger partial charge in [-0.1, -0.05) is 56.3 Å². The Hall–Kier alpha value is -2.82. The number of nitrogens with one attached hydrogen (secondary N) is 1. The summed E-state index contributed by atoms with van der Waals surface area (Å²) in [6.45, 7) is 6.76. The van der Waals surface area contributed by atoms with Gasteiger partial charge >= 0.3 is 6.09 Å². The van der Waals surface area contributed by atoms with E-state index in [1.807, 2.05) is 44.2 Å². The van der Waals surface area contributed by atoms with Crippen molar-refractivity contribution in [3.8, 4) is 0 Å². The van der Waals surface area contributed by atoms with Crippen LogP contribution in [0.1, 0.15) is 43.5 Å². The monoisotopic (exact) mass is 393 g/mol. The topological polar surface area (TPSA) is 54.5 Å². The van der Waals surface area contributed by atoms with Crippen LogP contribution in [0.3, 0.4) is 0 Å². The number of benzene rings is 1. The molecule has 1 amide bonds. The SMILES string of the molecule is CC.O=C(OCc1ccccc1)N1CCC(/C=C/c2ccc3c(n2)NCCC3)C1. The van der Waals surface area contributed by atoms with Crippen LogP contribution in [0.4, 0.5) is 10.6 Å². The van der Waals surface area contributed by atoms with E-state index in [2.05, 4.69) is 34.6 Å². The number of amides is 1. The minimum atomic E-state index is -0.231. The molecule has 1 atom stereocenters. The van der Waals surface area contributed by atoms with Crippen LogP contribution >= 0.6 is 0 Å². The Morgan fingerprint density at radius 2 is 2.07 bits per heavy atom. The number of fused-ring (bicyclic) bond motifs is 1. The van der Waals surface area contributed by atoms with E-state index < -0.39 is 0 Å². The predicted octanol–water partition coefficient (Wildman–Crippen LogP) is 5.14. The van der Waals surface area contributed by atoms with Crippen molar-refractivity contribution in [1.82, 2.24) is 9.88 Å². The highest BCUT2D eigenvalue weighted by Crippen LogP contribution is 2.22. The van der Waals surface area contributed by atoms with E-state index in [1.165, 1.54) is 12.0 Å². The van der Waals surface area contributed by atoms with Crippen molar-refractivity contribution in [3.05, 3.63) is 65.4 Å². The quantitative estimate of drug-likeness (QED) is 0.782. The number of carbonyl (C=O) groups is 1. The molecule has 0 bridgehead atoms. The lowest BCUT2D eigenvalue weighted by Crippen LogP contribution is -2.29. The first-order chi connectivity index (χ1) is 14.3.